The molecular weight excluding hydrogens is 368 g/mol. The summed E-state index contributed by atoms with van der Waals surface area (Å²) in [6.45, 7) is 12.8. The lowest BCUT2D eigenvalue weighted by Crippen LogP contribution is -2.22. The number of hydrogen-bond donors (Lipinski definition) is 2. The van der Waals surface area contributed by atoms with E-state index in [9.17, 15) is 10.2 Å². The van der Waals surface area contributed by atoms with E-state index >= 15 is 0 Å². The van der Waals surface area contributed by atoms with E-state index in [1.807, 2.05) is 0 Å². The summed E-state index contributed by atoms with van der Waals surface area (Å²) in [5.41, 5.74) is 4.09. The van der Waals surface area contributed by atoms with Crippen molar-refractivity contribution in [3.05, 3.63) is 47.6 Å². The van der Waals surface area contributed by atoms with Crippen LogP contribution in [0.5, 0.6) is 0 Å². The molecule has 2 saturated carbocycles. The molecule has 2 heteroatoms. The van der Waals surface area contributed by atoms with Crippen LogP contribution in [0, 0.1) is 22.7 Å². The first-order valence-electron chi connectivity index (χ1n) is 11.8. The lowest BCUT2D eigenvalue weighted by Gasteiger charge is -2.34. The molecule has 2 rings (SSSR count). The van der Waals surface area contributed by atoms with Gasteiger partial charge >= 0.3 is 0 Å². The lowest BCUT2D eigenvalue weighted by molar-refractivity contribution is 0.191. The van der Waals surface area contributed by atoms with Gasteiger partial charge < -0.3 is 10.2 Å². The fourth-order valence-electron chi connectivity index (χ4n) is 4.78. The monoisotopic (exact) mass is 410 g/mol. The molecule has 2 N–H and O–H groups in total. The average molecular weight is 411 g/mol. The van der Waals surface area contributed by atoms with Crippen LogP contribution in [-0.2, 0) is 0 Å². The summed E-state index contributed by atoms with van der Waals surface area (Å²) in [6, 6.07) is 0. The molecule has 0 aromatic carbocycles. The van der Waals surface area contributed by atoms with Crippen molar-refractivity contribution in [2.75, 3.05) is 0 Å². The van der Waals surface area contributed by atoms with Gasteiger partial charge in [0.1, 0.15) is 6.10 Å². The zero-order chi connectivity index (χ0) is 22.2. The second-order valence-corrected chi connectivity index (χ2v) is 9.81. The van der Waals surface area contributed by atoms with E-state index in [4.69, 9.17) is 0 Å². The Morgan fingerprint density at radius 1 is 1.37 bits per heavy atom. The Morgan fingerprint density at radius 3 is 2.73 bits per heavy atom. The Labute approximate surface area is 184 Å². The fraction of sp³-hybridized carbons (Fsp3) is 0.643. The first kappa shape index (κ1) is 24.7. The predicted molar refractivity (Wildman–Crippen MR) is 128 cm³/mol. The summed E-state index contributed by atoms with van der Waals surface area (Å²) in [5, 5.41) is 19.4. The van der Waals surface area contributed by atoms with Gasteiger partial charge in [-0.3, -0.25) is 0 Å². The van der Waals surface area contributed by atoms with Gasteiger partial charge in [0.2, 0.25) is 0 Å². The molecule has 0 heterocycles. The molecule has 0 saturated heterocycles. The van der Waals surface area contributed by atoms with Gasteiger partial charge in [0.15, 0.2) is 0 Å². The molecule has 166 valence electrons. The second-order valence-electron chi connectivity index (χ2n) is 9.81. The van der Waals surface area contributed by atoms with E-state index in [0.717, 1.165) is 56.9 Å². The quantitative estimate of drug-likeness (QED) is 0.253. The Balaban J connectivity index is 1.90. The van der Waals surface area contributed by atoms with Crippen molar-refractivity contribution >= 4 is 0 Å². The summed E-state index contributed by atoms with van der Waals surface area (Å²) in [4.78, 5) is 0. The smallest absolute Gasteiger partial charge is 0.111 e. The zero-order valence-corrected chi connectivity index (χ0v) is 19.6. The van der Waals surface area contributed by atoms with E-state index in [1.54, 1.807) is 12.5 Å². The molecule has 0 aromatic heterocycles. The molecule has 30 heavy (non-hydrogen) atoms. The highest BCUT2D eigenvalue weighted by molar-refractivity contribution is 5.36. The van der Waals surface area contributed by atoms with Gasteiger partial charge in [-0.1, -0.05) is 69.1 Å². The van der Waals surface area contributed by atoms with Crippen LogP contribution in [-0.4, -0.2) is 22.4 Å². The normalized spacial score (nSPS) is 24.1. The van der Waals surface area contributed by atoms with Crippen molar-refractivity contribution in [2.24, 2.45) is 10.8 Å². The number of unbranched alkanes of at least 4 members (excludes halogenated alkanes) is 1. The topological polar surface area (TPSA) is 40.5 Å². The first-order chi connectivity index (χ1) is 14.2. The standard InChI is InChI=1S/C28H42O2/c1-6-13-26(28(20-21-28)19-12-14-22(2)29)27(4,5)18-10-8-7-9-15-24-16-11-17-25(30)23(24)3/h7,9,13,15,22,25,29-30H,3,6,8,10-11,16-21H2,1-2,4-5H3/b9-7-,24-15-,26-13+/t22?,25-/m0/s1. The maximum Gasteiger partial charge on any atom is 0.111 e. The number of aliphatic hydroxyl groups excluding tert-OH is 2. The maximum atomic E-state index is 9.94. The van der Waals surface area contributed by atoms with Crippen LogP contribution in [0.15, 0.2) is 47.6 Å². The highest BCUT2D eigenvalue weighted by atomic mass is 16.3. The maximum absolute atomic E-state index is 9.94. The fourth-order valence-corrected chi connectivity index (χ4v) is 4.78. The Hall–Kier alpha value is -1.56. The van der Waals surface area contributed by atoms with Crippen LogP contribution >= 0.6 is 0 Å². The minimum atomic E-state index is -0.539. The van der Waals surface area contributed by atoms with E-state index in [2.05, 4.69) is 63.5 Å². The molecule has 0 amide bonds. The van der Waals surface area contributed by atoms with Gasteiger partial charge in [-0.2, -0.15) is 0 Å². The van der Waals surface area contributed by atoms with Crippen molar-refractivity contribution in [3.8, 4) is 11.8 Å². The third kappa shape index (κ3) is 7.00. The summed E-state index contributed by atoms with van der Waals surface area (Å²) in [6.07, 6.45) is 18.8. The van der Waals surface area contributed by atoms with Crippen LogP contribution in [0.25, 0.3) is 0 Å². The first-order valence-corrected chi connectivity index (χ1v) is 11.8. The molecule has 2 nitrogen and oxygen atoms in total. The molecule has 0 aromatic rings. The minimum Gasteiger partial charge on any atom is -0.388 e. The van der Waals surface area contributed by atoms with Gasteiger partial charge in [0.25, 0.3) is 0 Å². The zero-order valence-electron chi connectivity index (χ0n) is 19.6. The second kappa shape index (κ2) is 11.2. The van der Waals surface area contributed by atoms with Crippen LogP contribution in [0.2, 0.25) is 0 Å². The Kier molecular flexibility index (Phi) is 9.20. The van der Waals surface area contributed by atoms with Crippen molar-refractivity contribution in [3.63, 3.8) is 0 Å². The average Bonchev–Trinajstić information content (AvgIpc) is 3.45. The molecule has 0 aliphatic heterocycles. The van der Waals surface area contributed by atoms with E-state index in [0.29, 0.717) is 0 Å². The molecule has 1 unspecified atom stereocenters. The number of allylic oxidation sites excluding steroid dienone is 5. The van der Waals surface area contributed by atoms with Crippen molar-refractivity contribution in [1.82, 2.24) is 0 Å². The molecule has 2 aliphatic carbocycles. The summed E-state index contributed by atoms with van der Waals surface area (Å²) >= 11 is 0. The molecule has 2 fully saturated rings. The third-order valence-electron chi connectivity index (χ3n) is 6.64. The molecular formula is C28H42O2. The van der Waals surface area contributed by atoms with Gasteiger partial charge in [-0.05, 0) is 81.3 Å². The summed E-state index contributed by atoms with van der Waals surface area (Å²) in [7, 11) is 0. The number of hydrogen-bond acceptors (Lipinski definition) is 2. The molecule has 0 bridgehead atoms. The van der Waals surface area contributed by atoms with Crippen LogP contribution in [0.4, 0.5) is 0 Å². The lowest BCUT2D eigenvalue weighted by atomic mass is 9.71. The highest BCUT2D eigenvalue weighted by Crippen LogP contribution is 2.60. The van der Waals surface area contributed by atoms with E-state index in [1.165, 1.54) is 18.4 Å². The van der Waals surface area contributed by atoms with Gasteiger partial charge in [0, 0.05) is 11.8 Å². The molecule has 2 aliphatic rings. The van der Waals surface area contributed by atoms with Crippen molar-refractivity contribution in [1.29, 1.82) is 0 Å². The molecule has 0 radical (unpaired) electrons. The van der Waals surface area contributed by atoms with Crippen molar-refractivity contribution < 1.29 is 10.2 Å². The van der Waals surface area contributed by atoms with Crippen LogP contribution in [0.1, 0.15) is 91.9 Å². The number of aliphatic hydroxyl groups is 2. The van der Waals surface area contributed by atoms with Crippen LogP contribution < -0.4 is 0 Å². The van der Waals surface area contributed by atoms with Gasteiger partial charge in [0.05, 0.1) is 6.10 Å². The van der Waals surface area contributed by atoms with E-state index < -0.39 is 6.10 Å². The summed E-state index contributed by atoms with van der Waals surface area (Å²) in [5.74, 6) is 6.17. The predicted octanol–water partition coefficient (Wildman–Crippen LogP) is 6.66. The van der Waals surface area contributed by atoms with Gasteiger partial charge in [-0.15, -0.1) is 0 Å². The molecule has 0 spiro atoms. The third-order valence-corrected chi connectivity index (χ3v) is 6.64. The Morgan fingerprint density at radius 2 is 2.10 bits per heavy atom. The largest absolute Gasteiger partial charge is 0.388 e. The molecule has 2 atom stereocenters. The van der Waals surface area contributed by atoms with Gasteiger partial charge in [-0.25, -0.2) is 0 Å². The van der Waals surface area contributed by atoms with E-state index in [-0.39, 0.29) is 16.9 Å². The SMILES string of the molecule is C=C1/C(=C\C=C/CCCC(C)(C)/C(=C\CC)C2(CC#CC(C)O)CC2)CCC[C@@H]1O. The Bertz CT molecular complexity index is 732. The number of rotatable bonds is 9. The van der Waals surface area contributed by atoms with Crippen LogP contribution in [0.3, 0.4) is 0 Å². The highest BCUT2D eigenvalue weighted by Gasteiger charge is 2.49. The minimum absolute atomic E-state index is 0.174. The van der Waals surface area contributed by atoms with Crippen molar-refractivity contribution in [2.45, 2.75) is 104 Å². The summed E-state index contributed by atoms with van der Waals surface area (Å²) < 4.78 is 0.